The number of fused-ring (bicyclic) bond motifs is 1. The van der Waals surface area contributed by atoms with E-state index in [1.165, 1.54) is 28.0 Å². The number of carbonyl (C=O) groups excluding carboxylic acids is 2. The summed E-state index contributed by atoms with van der Waals surface area (Å²) in [5.41, 5.74) is 5.33. The molecule has 0 atom stereocenters. The minimum absolute atomic E-state index is 0.136. The second-order valence-electron chi connectivity index (χ2n) is 7.01. The van der Waals surface area contributed by atoms with Crippen LogP contribution in [0.1, 0.15) is 24.3 Å². The summed E-state index contributed by atoms with van der Waals surface area (Å²) in [5.74, 6) is -0.553. The molecule has 8 nitrogen and oxygen atoms in total. The molecule has 3 aromatic rings. The van der Waals surface area contributed by atoms with Crippen molar-refractivity contribution in [2.75, 3.05) is 11.9 Å². The van der Waals surface area contributed by atoms with E-state index < -0.39 is 24.5 Å². The third kappa shape index (κ3) is 6.94. The maximum absolute atomic E-state index is 12.8. The first-order valence-electron chi connectivity index (χ1n) is 10.1. The number of benzene rings is 1. The second kappa shape index (κ2) is 11.3. The van der Waals surface area contributed by atoms with Gasteiger partial charge in [-0.1, -0.05) is 12.1 Å². The number of primary amides is 1. The van der Waals surface area contributed by atoms with Crippen LogP contribution in [0.15, 0.2) is 53.5 Å². The van der Waals surface area contributed by atoms with Crippen LogP contribution < -0.4 is 21.3 Å². The molecule has 174 valence electrons. The predicted octanol–water partition coefficient (Wildman–Crippen LogP) is 3.30. The number of anilines is 1. The van der Waals surface area contributed by atoms with Crippen LogP contribution in [-0.2, 0) is 16.1 Å². The first-order valence-corrected chi connectivity index (χ1v) is 10.9. The fraction of sp³-hybridized carbons (Fsp3) is 0.273. The number of rotatable bonds is 11. The highest BCUT2D eigenvalue weighted by atomic mass is 32.1. The number of nitrogens with one attached hydrogen (secondary N) is 1. The minimum Gasteiger partial charge on any atom is -0.486 e. The van der Waals surface area contributed by atoms with E-state index in [4.69, 9.17) is 10.5 Å². The number of halogens is 2. The Morgan fingerprint density at radius 2 is 2.09 bits per heavy atom. The predicted molar refractivity (Wildman–Crippen MR) is 122 cm³/mol. The van der Waals surface area contributed by atoms with Crippen molar-refractivity contribution in [2.24, 2.45) is 5.73 Å². The second-order valence-corrected chi connectivity index (χ2v) is 8.10. The molecule has 11 heteroatoms. The van der Waals surface area contributed by atoms with Gasteiger partial charge in [0.1, 0.15) is 23.1 Å². The smallest absolute Gasteiger partial charge is 0.274 e. The Morgan fingerprint density at radius 1 is 1.27 bits per heavy atom. The number of pyridine rings is 1. The highest BCUT2D eigenvalue weighted by Gasteiger charge is 2.13. The molecule has 0 aliphatic rings. The lowest BCUT2D eigenvalue weighted by Gasteiger charge is -2.08. The molecule has 0 fully saturated rings. The number of hydrogen-bond donors (Lipinski definition) is 2. The van der Waals surface area contributed by atoms with Crippen LogP contribution in [-0.4, -0.2) is 34.4 Å². The molecule has 0 radical (unpaired) electrons. The highest BCUT2D eigenvalue weighted by molar-refractivity contribution is 7.19. The number of nitrogens with zero attached hydrogens (tertiary/aromatic N) is 2. The molecule has 0 unspecified atom stereocenters. The molecule has 0 bridgehead atoms. The summed E-state index contributed by atoms with van der Waals surface area (Å²) in [5, 5.41) is 3.19. The number of carbonyl (C=O) groups is 2. The van der Waals surface area contributed by atoms with Gasteiger partial charge in [-0.3, -0.25) is 14.4 Å². The van der Waals surface area contributed by atoms with Crippen molar-refractivity contribution in [3.05, 3.63) is 64.0 Å². The number of alkyl halides is 2. The molecule has 1 aromatic carbocycles. The number of ether oxygens (including phenoxy) is 1. The molecular formula is C22H22F2N4O4S. The summed E-state index contributed by atoms with van der Waals surface area (Å²) in [6.45, 7) is -0.566. The fourth-order valence-electron chi connectivity index (χ4n) is 3.00. The minimum atomic E-state index is -2.59. The van der Waals surface area contributed by atoms with Crippen LogP contribution in [0.2, 0.25) is 0 Å². The summed E-state index contributed by atoms with van der Waals surface area (Å²) < 4.78 is 32.2. The van der Waals surface area contributed by atoms with Crippen LogP contribution >= 0.6 is 11.3 Å². The zero-order valence-electron chi connectivity index (χ0n) is 17.5. The average Bonchev–Trinajstić information content (AvgIpc) is 3.17. The number of hydrogen-bond acceptors (Lipinski definition) is 6. The van der Waals surface area contributed by atoms with E-state index in [9.17, 15) is 23.2 Å². The molecule has 3 rings (SSSR count). The third-order valence-electron chi connectivity index (χ3n) is 4.44. The summed E-state index contributed by atoms with van der Waals surface area (Å²) in [4.78, 5) is 40.0. The largest absolute Gasteiger partial charge is 0.486 e. The van der Waals surface area contributed by atoms with Gasteiger partial charge in [0, 0.05) is 12.6 Å². The number of thiazole rings is 1. The molecule has 0 saturated heterocycles. The normalized spacial score (nSPS) is 11.4. The SMILES string of the molecule is NC(=O)/C=C/CCCC(=O)Nc1cccn(Cc2nc3cccc(OCC(F)F)c3s2)c1=O. The van der Waals surface area contributed by atoms with Crippen LogP contribution in [0, 0.1) is 0 Å². The van der Waals surface area contributed by atoms with Gasteiger partial charge in [0.15, 0.2) is 0 Å². The lowest BCUT2D eigenvalue weighted by molar-refractivity contribution is -0.116. The van der Waals surface area contributed by atoms with E-state index in [0.717, 1.165) is 0 Å². The summed E-state index contributed by atoms with van der Waals surface area (Å²) in [7, 11) is 0. The van der Waals surface area contributed by atoms with E-state index in [1.807, 2.05) is 0 Å². The van der Waals surface area contributed by atoms with E-state index in [2.05, 4.69) is 10.3 Å². The molecule has 2 amide bonds. The number of nitrogens with two attached hydrogens (primary N) is 1. The number of unbranched alkanes of at least 4 members (excludes halogenated alkanes) is 1. The fourth-order valence-corrected chi connectivity index (χ4v) is 4.03. The number of allylic oxidation sites excluding steroid dienone is 1. The Hall–Kier alpha value is -3.60. The molecule has 0 saturated carbocycles. The topological polar surface area (TPSA) is 116 Å². The Bertz CT molecular complexity index is 1220. The zero-order valence-corrected chi connectivity index (χ0v) is 18.3. The van der Waals surface area contributed by atoms with Crippen molar-refractivity contribution in [2.45, 2.75) is 32.2 Å². The van der Waals surface area contributed by atoms with Gasteiger partial charge in [-0.25, -0.2) is 13.8 Å². The zero-order chi connectivity index (χ0) is 23.8. The molecule has 2 heterocycles. The first-order chi connectivity index (χ1) is 15.8. The van der Waals surface area contributed by atoms with Crippen LogP contribution in [0.4, 0.5) is 14.5 Å². The van der Waals surface area contributed by atoms with Gasteiger partial charge in [-0.15, -0.1) is 11.3 Å². The van der Waals surface area contributed by atoms with E-state index in [0.29, 0.717) is 33.8 Å². The Morgan fingerprint density at radius 3 is 2.85 bits per heavy atom. The standard InChI is InChI=1S/C22H22F2N4O4S/c23-17(24)13-32-16-8-4-6-14-21(16)33-20(27-14)12-28-11-5-7-15(22(28)31)26-19(30)10-3-1-2-9-18(25)29/h2,4-9,11,17H,1,3,10,12-13H2,(H2,25,29)(H,26,30)/b9-2+. The first kappa shape index (κ1) is 24.1. The summed E-state index contributed by atoms with van der Waals surface area (Å²) >= 11 is 1.25. The van der Waals surface area contributed by atoms with Gasteiger partial charge in [0.25, 0.3) is 12.0 Å². The molecule has 33 heavy (non-hydrogen) atoms. The lowest BCUT2D eigenvalue weighted by atomic mass is 10.2. The molecule has 0 spiro atoms. The number of amides is 2. The lowest BCUT2D eigenvalue weighted by Crippen LogP contribution is -2.25. The Kier molecular flexibility index (Phi) is 8.25. The maximum atomic E-state index is 12.8. The van der Waals surface area contributed by atoms with Crippen molar-refractivity contribution in [1.29, 1.82) is 0 Å². The van der Waals surface area contributed by atoms with Gasteiger partial charge in [0.05, 0.1) is 16.8 Å². The average molecular weight is 477 g/mol. The quantitative estimate of drug-likeness (QED) is 0.325. The van der Waals surface area contributed by atoms with Gasteiger partial charge >= 0.3 is 0 Å². The summed E-state index contributed by atoms with van der Waals surface area (Å²) in [6, 6.07) is 8.15. The van der Waals surface area contributed by atoms with E-state index in [1.54, 1.807) is 36.5 Å². The van der Waals surface area contributed by atoms with Crippen molar-refractivity contribution in [1.82, 2.24) is 9.55 Å². The highest BCUT2D eigenvalue weighted by Crippen LogP contribution is 2.31. The van der Waals surface area contributed by atoms with Gasteiger partial charge in [0.2, 0.25) is 11.8 Å². The summed E-state index contributed by atoms with van der Waals surface area (Å²) in [6.07, 6.45) is 3.00. The molecule has 0 aliphatic carbocycles. The van der Waals surface area contributed by atoms with Crippen LogP contribution in [0.5, 0.6) is 5.75 Å². The van der Waals surface area contributed by atoms with E-state index in [-0.39, 0.29) is 24.6 Å². The Balaban J connectivity index is 1.67. The molecular weight excluding hydrogens is 454 g/mol. The van der Waals surface area contributed by atoms with Crippen molar-refractivity contribution in [3.63, 3.8) is 0 Å². The molecule has 0 aliphatic heterocycles. The Labute approximate surface area is 191 Å². The monoisotopic (exact) mass is 476 g/mol. The van der Waals surface area contributed by atoms with Crippen molar-refractivity contribution in [3.8, 4) is 5.75 Å². The molecule has 3 N–H and O–H groups in total. The maximum Gasteiger partial charge on any atom is 0.274 e. The number of aromatic nitrogens is 2. The third-order valence-corrected chi connectivity index (χ3v) is 5.52. The molecule has 2 aromatic heterocycles. The van der Waals surface area contributed by atoms with Crippen LogP contribution in [0.3, 0.4) is 0 Å². The van der Waals surface area contributed by atoms with Crippen LogP contribution in [0.25, 0.3) is 10.2 Å². The van der Waals surface area contributed by atoms with E-state index >= 15 is 0 Å². The van der Waals surface area contributed by atoms with Gasteiger partial charge in [-0.05, 0) is 43.2 Å². The van der Waals surface area contributed by atoms with Gasteiger partial charge in [-0.2, -0.15) is 0 Å². The van der Waals surface area contributed by atoms with Crippen molar-refractivity contribution < 1.29 is 23.1 Å². The van der Waals surface area contributed by atoms with Crippen molar-refractivity contribution >= 4 is 39.1 Å². The van der Waals surface area contributed by atoms with Gasteiger partial charge < -0.3 is 20.4 Å².